The van der Waals surface area contributed by atoms with Gasteiger partial charge in [-0.3, -0.25) is 4.79 Å². The van der Waals surface area contributed by atoms with Crippen LogP contribution in [0.25, 0.3) is 16.7 Å². The number of anilines is 1. The Labute approximate surface area is 169 Å². The number of benzene rings is 1. The lowest BCUT2D eigenvalue weighted by molar-refractivity contribution is -0.126. The zero-order valence-electron chi connectivity index (χ0n) is 16.4. The topological polar surface area (TPSA) is 84.7 Å². The summed E-state index contributed by atoms with van der Waals surface area (Å²) in [5.74, 6) is 2.47. The maximum atomic E-state index is 12.3. The monoisotopic (exact) mass is 390 g/mol. The molecule has 0 atom stereocenters. The normalized spacial score (nSPS) is 21.8. The largest absolute Gasteiger partial charge is 0.356 e. The van der Waals surface area contributed by atoms with Crippen LogP contribution in [0.3, 0.4) is 0 Å². The summed E-state index contributed by atoms with van der Waals surface area (Å²) in [6, 6.07) is 10.2. The fourth-order valence-electron chi connectivity index (χ4n) is 4.08. The van der Waals surface area contributed by atoms with Crippen LogP contribution in [-0.2, 0) is 4.79 Å². The molecule has 1 aromatic carbocycles. The second kappa shape index (κ2) is 7.81. The van der Waals surface area contributed by atoms with E-state index in [9.17, 15) is 4.79 Å². The molecule has 0 bridgehead atoms. The highest BCUT2D eigenvalue weighted by atomic mass is 16.1. The third kappa shape index (κ3) is 4.09. The van der Waals surface area contributed by atoms with Crippen LogP contribution in [0.2, 0.25) is 0 Å². The van der Waals surface area contributed by atoms with Gasteiger partial charge in [-0.05, 0) is 50.5 Å². The molecule has 2 aliphatic carbocycles. The van der Waals surface area contributed by atoms with Crippen LogP contribution in [0.4, 0.5) is 5.95 Å². The van der Waals surface area contributed by atoms with Gasteiger partial charge in [-0.15, -0.1) is 0 Å². The SMILES string of the molecule is O=C(NCC1CC1)C1CCC(Nc2nccc(-n3ncc4ccccc43)n2)CC1. The van der Waals surface area contributed by atoms with Gasteiger partial charge < -0.3 is 10.6 Å². The maximum Gasteiger partial charge on any atom is 0.224 e. The highest BCUT2D eigenvalue weighted by molar-refractivity contribution is 5.80. The van der Waals surface area contributed by atoms with Gasteiger partial charge >= 0.3 is 0 Å². The highest BCUT2D eigenvalue weighted by Crippen LogP contribution is 2.29. The van der Waals surface area contributed by atoms with Gasteiger partial charge in [-0.25, -0.2) is 9.67 Å². The zero-order valence-corrected chi connectivity index (χ0v) is 16.4. The summed E-state index contributed by atoms with van der Waals surface area (Å²) in [7, 11) is 0. The minimum Gasteiger partial charge on any atom is -0.356 e. The molecule has 2 fully saturated rings. The summed E-state index contributed by atoms with van der Waals surface area (Å²) in [4.78, 5) is 21.4. The van der Waals surface area contributed by atoms with Crippen molar-refractivity contribution in [2.75, 3.05) is 11.9 Å². The van der Waals surface area contributed by atoms with Crippen LogP contribution in [0, 0.1) is 11.8 Å². The second-order valence-electron chi connectivity index (χ2n) is 8.24. The van der Waals surface area contributed by atoms with Gasteiger partial charge in [0.15, 0.2) is 5.82 Å². The van der Waals surface area contributed by atoms with E-state index in [0.717, 1.165) is 54.9 Å². The number of carbonyl (C=O) groups excluding carboxylic acids is 1. The first-order valence-electron chi connectivity index (χ1n) is 10.6. The Morgan fingerprint density at radius 1 is 1.07 bits per heavy atom. The zero-order chi connectivity index (χ0) is 19.6. The molecule has 2 N–H and O–H groups in total. The van der Waals surface area contributed by atoms with Crippen LogP contribution >= 0.6 is 0 Å². The fraction of sp³-hybridized carbons (Fsp3) is 0.455. The van der Waals surface area contributed by atoms with E-state index < -0.39 is 0 Å². The maximum absolute atomic E-state index is 12.3. The van der Waals surface area contributed by atoms with E-state index in [1.165, 1.54) is 12.8 Å². The fourth-order valence-corrected chi connectivity index (χ4v) is 4.08. The molecular formula is C22H26N6O. The van der Waals surface area contributed by atoms with Crippen molar-refractivity contribution < 1.29 is 4.79 Å². The van der Waals surface area contributed by atoms with Gasteiger partial charge in [0.05, 0.1) is 11.7 Å². The lowest BCUT2D eigenvalue weighted by Crippen LogP contribution is -2.36. The van der Waals surface area contributed by atoms with Crippen molar-refractivity contribution in [3.63, 3.8) is 0 Å². The third-order valence-corrected chi connectivity index (χ3v) is 6.03. The lowest BCUT2D eigenvalue weighted by Gasteiger charge is -2.28. The lowest BCUT2D eigenvalue weighted by atomic mass is 9.85. The quantitative estimate of drug-likeness (QED) is 0.674. The van der Waals surface area contributed by atoms with E-state index in [1.54, 1.807) is 6.20 Å². The summed E-state index contributed by atoms with van der Waals surface area (Å²) >= 11 is 0. The van der Waals surface area contributed by atoms with Gasteiger partial charge in [0, 0.05) is 36.2 Å². The molecule has 3 aromatic rings. The van der Waals surface area contributed by atoms with Crippen molar-refractivity contribution in [3.8, 4) is 5.82 Å². The highest BCUT2D eigenvalue weighted by Gasteiger charge is 2.28. The van der Waals surface area contributed by atoms with Crippen molar-refractivity contribution in [1.29, 1.82) is 0 Å². The van der Waals surface area contributed by atoms with E-state index in [4.69, 9.17) is 0 Å². The predicted molar refractivity (Wildman–Crippen MR) is 112 cm³/mol. The molecule has 0 saturated heterocycles. The van der Waals surface area contributed by atoms with E-state index in [2.05, 4.69) is 25.7 Å². The summed E-state index contributed by atoms with van der Waals surface area (Å²) in [5, 5.41) is 12.1. The number of hydrogen-bond donors (Lipinski definition) is 2. The number of amides is 1. The van der Waals surface area contributed by atoms with Crippen molar-refractivity contribution >= 4 is 22.8 Å². The summed E-state index contributed by atoms with van der Waals surface area (Å²) in [6.07, 6.45) is 9.89. The summed E-state index contributed by atoms with van der Waals surface area (Å²) in [5.41, 5.74) is 1.02. The first-order chi connectivity index (χ1) is 14.3. The number of nitrogens with one attached hydrogen (secondary N) is 2. The standard InChI is InChI=1S/C22H26N6O/c29-21(24-13-15-5-6-15)16-7-9-18(10-8-16)26-22-23-12-11-20(27-22)28-19-4-2-1-3-17(19)14-25-28/h1-4,11-12,14-16,18H,5-10,13H2,(H,24,29)(H,23,26,27). The molecule has 0 aliphatic heterocycles. The van der Waals surface area contributed by atoms with Gasteiger partial charge in [0.25, 0.3) is 0 Å². The smallest absolute Gasteiger partial charge is 0.224 e. The number of nitrogens with zero attached hydrogens (tertiary/aromatic N) is 4. The van der Waals surface area contributed by atoms with Crippen molar-refractivity contribution in [2.45, 2.75) is 44.6 Å². The molecule has 0 unspecified atom stereocenters. The van der Waals surface area contributed by atoms with Crippen molar-refractivity contribution in [1.82, 2.24) is 25.1 Å². The van der Waals surface area contributed by atoms with Crippen LogP contribution in [-0.4, -0.2) is 38.2 Å². The Balaban J connectivity index is 1.20. The van der Waals surface area contributed by atoms with E-state index >= 15 is 0 Å². The Kier molecular flexibility index (Phi) is 4.87. The molecule has 2 aromatic heterocycles. The van der Waals surface area contributed by atoms with Crippen LogP contribution < -0.4 is 10.6 Å². The van der Waals surface area contributed by atoms with Crippen LogP contribution in [0.1, 0.15) is 38.5 Å². The molecule has 2 aliphatic rings. The van der Waals surface area contributed by atoms with Gasteiger partial charge in [-0.2, -0.15) is 10.1 Å². The van der Waals surface area contributed by atoms with E-state index in [-0.39, 0.29) is 11.8 Å². The molecule has 2 heterocycles. The average Bonchev–Trinajstić information content (AvgIpc) is 3.49. The molecule has 29 heavy (non-hydrogen) atoms. The number of carbonyl (C=O) groups is 1. The number of rotatable bonds is 6. The molecule has 0 radical (unpaired) electrons. The first kappa shape index (κ1) is 18.1. The van der Waals surface area contributed by atoms with Gasteiger partial charge in [0.2, 0.25) is 11.9 Å². The van der Waals surface area contributed by atoms with Gasteiger partial charge in [-0.1, -0.05) is 18.2 Å². The number of aromatic nitrogens is 4. The molecular weight excluding hydrogens is 364 g/mol. The molecule has 0 spiro atoms. The van der Waals surface area contributed by atoms with Crippen molar-refractivity contribution in [3.05, 3.63) is 42.7 Å². The minimum absolute atomic E-state index is 0.148. The number of para-hydroxylation sites is 1. The Morgan fingerprint density at radius 3 is 2.72 bits per heavy atom. The second-order valence-corrected chi connectivity index (χ2v) is 8.24. The predicted octanol–water partition coefficient (Wildman–Crippen LogP) is 3.31. The molecule has 7 heteroatoms. The average molecular weight is 390 g/mol. The summed E-state index contributed by atoms with van der Waals surface area (Å²) < 4.78 is 1.84. The van der Waals surface area contributed by atoms with Crippen LogP contribution in [0.15, 0.2) is 42.7 Å². The number of fused-ring (bicyclic) bond motifs is 1. The van der Waals surface area contributed by atoms with E-state index in [0.29, 0.717) is 12.0 Å². The minimum atomic E-state index is 0.148. The Bertz CT molecular complexity index is 1000. The number of hydrogen-bond acceptors (Lipinski definition) is 5. The van der Waals surface area contributed by atoms with Crippen LogP contribution in [0.5, 0.6) is 0 Å². The Morgan fingerprint density at radius 2 is 1.90 bits per heavy atom. The van der Waals surface area contributed by atoms with E-state index in [1.807, 2.05) is 41.2 Å². The summed E-state index contributed by atoms with van der Waals surface area (Å²) in [6.45, 7) is 0.861. The molecule has 7 nitrogen and oxygen atoms in total. The first-order valence-corrected chi connectivity index (χ1v) is 10.6. The molecule has 5 rings (SSSR count). The molecule has 2 saturated carbocycles. The Hall–Kier alpha value is -2.96. The molecule has 1 amide bonds. The molecule has 150 valence electrons. The van der Waals surface area contributed by atoms with Gasteiger partial charge in [0.1, 0.15) is 0 Å². The van der Waals surface area contributed by atoms with Crippen molar-refractivity contribution in [2.24, 2.45) is 11.8 Å². The third-order valence-electron chi connectivity index (χ3n) is 6.03.